The molecule has 0 unspecified atom stereocenters. The van der Waals surface area contributed by atoms with Crippen molar-refractivity contribution in [2.45, 2.75) is 45.7 Å². The van der Waals surface area contributed by atoms with E-state index in [0.717, 1.165) is 13.1 Å². The summed E-state index contributed by atoms with van der Waals surface area (Å²) in [5, 5.41) is 0. The van der Waals surface area contributed by atoms with Crippen LogP contribution in [0.5, 0.6) is 0 Å². The van der Waals surface area contributed by atoms with Crippen molar-refractivity contribution in [3.8, 4) is 0 Å². The van der Waals surface area contributed by atoms with Crippen LogP contribution >= 0.6 is 0 Å². The van der Waals surface area contributed by atoms with E-state index in [-0.39, 0.29) is 0 Å². The summed E-state index contributed by atoms with van der Waals surface area (Å²) in [5.41, 5.74) is 10.1. The first-order valence-electron chi connectivity index (χ1n) is 6.71. The van der Waals surface area contributed by atoms with E-state index in [1.54, 1.807) is 0 Å². The van der Waals surface area contributed by atoms with Crippen molar-refractivity contribution in [3.63, 3.8) is 0 Å². The van der Waals surface area contributed by atoms with Crippen LogP contribution in [-0.2, 0) is 6.54 Å². The minimum atomic E-state index is 0.587. The Morgan fingerprint density at radius 3 is 2.82 bits per heavy atom. The predicted molar refractivity (Wildman–Crippen MR) is 73.0 cm³/mol. The van der Waals surface area contributed by atoms with Gasteiger partial charge >= 0.3 is 0 Å². The highest BCUT2D eigenvalue weighted by molar-refractivity contribution is 5.30. The maximum atomic E-state index is 5.87. The molecule has 94 valence electrons. The Bertz CT molecular complexity index is 373. The fraction of sp³-hybridized carbons (Fsp3) is 0.600. The molecule has 1 atom stereocenters. The summed E-state index contributed by atoms with van der Waals surface area (Å²) in [6.45, 7) is 7.43. The lowest BCUT2D eigenvalue weighted by Gasteiger charge is -2.35. The van der Waals surface area contributed by atoms with Gasteiger partial charge in [-0.1, -0.05) is 30.2 Å². The van der Waals surface area contributed by atoms with Crippen LogP contribution in [0.2, 0.25) is 0 Å². The lowest BCUT2D eigenvalue weighted by molar-refractivity contribution is 0.144. The molecule has 2 N–H and O–H groups in total. The van der Waals surface area contributed by atoms with Gasteiger partial charge < -0.3 is 5.73 Å². The molecule has 0 aliphatic carbocycles. The summed E-state index contributed by atoms with van der Waals surface area (Å²) in [7, 11) is 0. The minimum absolute atomic E-state index is 0.587. The number of piperidine rings is 1. The van der Waals surface area contributed by atoms with Gasteiger partial charge in [-0.05, 0) is 44.4 Å². The lowest BCUT2D eigenvalue weighted by atomic mass is 9.99. The number of nitrogens with two attached hydrogens (primary N) is 1. The molecule has 1 aliphatic heterocycles. The first kappa shape index (κ1) is 12.6. The van der Waals surface area contributed by atoms with E-state index in [1.165, 1.54) is 42.5 Å². The third-order valence-electron chi connectivity index (χ3n) is 3.89. The Balaban J connectivity index is 2.08. The number of hydrogen-bond acceptors (Lipinski definition) is 2. The smallest absolute Gasteiger partial charge is 0.0239 e. The van der Waals surface area contributed by atoms with Crippen molar-refractivity contribution >= 4 is 0 Å². The Morgan fingerprint density at radius 2 is 2.12 bits per heavy atom. The van der Waals surface area contributed by atoms with Crippen molar-refractivity contribution in [1.29, 1.82) is 0 Å². The molecule has 0 spiro atoms. The van der Waals surface area contributed by atoms with E-state index in [2.05, 4.69) is 36.9 Å². The van der Waals surface area contributed by atoms with E-state index in [4.69, 9.17) is 5.73 Å². The van der Waals surface area contributed by atoms with E-state index in [1.807, 2.05) is 0 Å². The maximum Gasteiger partial charge on any atom is 0.0239 e. The molecule has 1 aliphatic rings. The van der Waals surface area contributed by atoms with Crippen LogP contribution in [0.15, 0.2) is 18.2 Å². The number of nitrogens with zero attached hydrogens (tertiary/aromatic N) is 1. The van der Waals surface area contributed by atoms with Crippen LogP contribution in [0.4, 0.5) is 0 Å². The molecule has 0 aromatic heterocycles. The largest absolute Gasteiger partial charge is 0.329 e. The summed E-state index contributed by atoms with van der Waals surface area (Å²) in [4.78, 5) is 2.56. The fourth-order valence-corrected chi connectivity index (χ4v) is 2.78. The third kappa shape index (κ3) is 3.08. The normalized spacial score (nSPS) is 21.7. The van der Waals surface area contributed by atoms with Crippen molar-refractivity contribution in [2.24, 2.45) is 5.73 Å². The van der Waals surface area contributed by atoms with Crippen LogP contribution in [0.1, 0.15) is 36.0 Å². The van der Waals surface area contributed by atoms with E-state index in [0.29, 0.717) is 6.04 Å². The molecule has 1 aromatic rings. The molecule has 0 saturated carbocycles. The SMILES string of the molecule is Cc1ccc(CN2CCCC[C@@H]2CN)c(C)c1. The molecule has 2 heteroatoms. The second-order valence-corrected chi connectivity index (χ2v) is 5.29. The Morgan fingerprint density at radius 1 is 1.29 bits per heavy atom. The second kappa shape index (κ2) is 5.65. The molecule has 1 fully saturated rings. The van der Waals surface area contributed by atoms with Gasteiger partial charge in [-0.15, -0.1) is 0 Å². The van der Waals surface area contributed by atoms with Crippen molar-refractivity contribution in [1.82, 2.24) is 4.90 Å². The molecular weight excluding hydrogens is 208 g/mol. The van der Waals surface area contributed by atoms with E-state index >= 15 is 0 Å². The highest BCUT2D eigenvalue weighted by Gasteiger charge is 2.21. The molecule has 0 bridgehead atoms. The summed E-state index contributed by atoms with van der Waals surface area (Å²) < 4.78 is 0. The van der Waals surface area contributed by atoms with E-state index < -0.39 is 0 Å². The average molecular weight is 232 g/mol. The first-order chi connectivity index (χ1) is 8.20. The molecule has 0 radical (unpaired) electrons. The third-order valence-corrected chi connectivity index (χ3v) is 3.89. The zero-order valence-electron chi connectivity index (χ0n) is 11.1. The van der Waals surface area contributed by atoms with Crippen LogP contribution < -0.4 is 5.73 Å². The average Bonchev–Trinajstić information content (AvgIpc) is 2.33. The molecule has 2 nitrogen and oxygen atoms in total. The topological polar surface area (TPSA) is 29.3 Å². The number of hydrogen-bond donors (Lipinski definition) is 1. The van der Waals surface area contributed by atoms with E-state index in [9.17, 15) is 0 Å². The van der Waals surface area contributed by atoms with Crippen molar-refractivity contribution in [3.05, 3.63) is 34.9 Å². The Labute approximate surface area is 105 Å². The van der Waals surface area contributed by atoms with Crippen LogP contribution in [0.3, 0.4) is 0 Å². The van der Waals surface area contributed by atoms with Gasteiger partial charge in [0, 0.05) is 19.1 Å². The monoisotopic (exact) mass is 232 g/mol. The minimum Gasteiger partial charge on any atom is -0.329 e. The highest BCUT2D eigenvalue weighted by atomic mass is 15.2. The molecule has 17 heavy (non-hydrogen) atoms. The molecule has 0 amide bonds. The number of aryl methyl sites for hydroxylation is 2. The fourth-order valence-electron chi connectivity index (χ4n) is 2.78. The van der Waals surface area contributed by atoms with Crippen molar-refractivity contribution in [2.75, 3.05) is 13.1 Å². The van der Waals surface area contributed by atoms with Crippen molar-refractivity contribution < 1.29 is 0 Å². The van der Waals surface area contributed by atoms with Gasteiger partial charge in [-0.3, -0.25) is 4.90 Å². The highest BCUT2D eigenvalue weighted by Crippen LogP contribution is 2.20. The van der Waals surface area contributed by atoms with Gasteiger partial charge in [0.2, 0.25) is 0 Å². The number of rotatable bonds is 3. The van der Waals surface area contributed by atoms with Crippen LogP contribution in [-0.4, -0.2) is 24.0 Å². The lowest BCUT2D eigenvalue weighted by Crippen LogP contribution is -2.43. The maximum absolute atomic E-state index is 5.87. The summed E-state index contributed by atoms with van der Waals surface area (Å²) >= 11 is 0. The molecule has 1 heterocycles. The summed E-state index contributed by atoms with van der Waals surface area (Å²) in [6, 6.07) is 7.34. The van der Waals surface area contributed by atoms with Gasteiger partial charge in [0.15, 0.2) is 0 Å². The second-order valence-electron chi connectivity index (χ2n) is 5.29. The molecule has 2 rings (SSSR count). The molecular formula is C15H24N2. The quantitative estimate of drug-likeness (QED) is 0.868. The Hall–Kier alpha value is -0.860. The van der Waals surface area contributed by atoms with Gasteiger partial charge in [0.1, 0.15) is 0 Å². The summed E-state index contributed by atoms with van der Waals surface area (Å²) in [5.74, 6) is 0. The van der Waals surface area contributed by atoms with Gasteiger partial charge in [-0.2, -0.15) is 0 Å². The predicted octanol–water partition coefficient (Wildman–Crippen LogP) is 2.62. The summed E-state index contributed by atoms with van der Waals surface area (Å²) in [6.07, 6.45) is 3.92. The van der Waals surface area contributed by atoms with Gasteiger partial charge in [0.05, 0.1) is 0 Å². The van der Waals surface area contributed by atoms with Crippen LogP contribution in [0.25, 0.3) is 0 Å². The Kier molecular flexibility index (Phi) is 4.19. The standard InChI is InChI=1S/C15H24N2/c1-12-6-7-14(13(2)9-12)11-17-8-4-3-5-15(17)10-16/h6-7,9,15H,3-5,8,10-11,16H2,1-2H3/t15-/m1/s1. The zero-order valence-corrected chi connectivity index (χ0v) is 11.1. The van der Waals surface area contributed by atoms with Crippen LogP contribution in [0, 0.1) is 13.8 Å². The number of likely N-dealkylation sites (tertiary alicyclic amines) is 1. The zero-order chi connectivity index (χ0) is 12.3. The number of benzene rings is 1. The van der Waals surface area contributed by atoms with Gasteiger partial charge in [-0.25, -0.2) is 0 Å². The van der Waals surface area contributed by atoms with Gasteiger partial charge in [0.25, 0.3) is 0 Å². The molecule has 1 saturated heterocycles. The first-order valence-corrected chi connectivity index (χ1v) is 6.71. The molecule has 1 aromatic carbocycles.